The number of fused-ring (bicyclic) bond motifs is 7. The van der Waals surface area contributed by atoms with Crippen molar-refractivity contribution in [3.05, 3.63) is 237 Å². The van der Waals surface area contributed by atoms with Crippen LogP contribution >= 0.6 is 0 Å². The summed E-state index contributed by atoms with van der Waals surface area (Å²) in [6.45, 7) is 0. The van der Waals surface area contributed by atoms with Gasteiger partial charge in [-0.15, -0.1) is 0 Å². The molecule has 12 aromatic rings. The van der Waals surface area contributed by atoms with Crippen LogP contribution in [0.4, 0.5) is 17.1 Å². The molecule has 0 atom stereocenters. The van der Waals surface area contributed by atoms with E-state index in [1.165, 1.54) is 49.2 Å². The van der Waals surface area contributed by atoms with Gasteiger partial charge in [0.25, 0.3) is 0 Å². The fraction of sp³-hybridized carbons (Fsp3) is 0. The zero-order chi connectivity index (χ0) is 41.0. The predicted molar refractivity (Wildman–Crippen MR) is 263 cm³/mol. The lowest BCUT2D eigenvalue weighted by Crippen LogP contribution is -2.12. The molecular formula is C60H39NO. The van der Waals surface area contributed by atoms with E-state index in [0.717, 1.165) is 66.6 Å². The number of benzene rings is 11. The van der Waals surface area contributed by atoms with Crippen LogP contribution in [0.2, 0.25) is 0 Å². The lowest BCUT2D eigenvalue weighted by atomic mass is 9.95. The van der Waals surface area contributed by atoms with Crippen LogP contribution in [0, 0.1) is 0 Å². The Labute approximate surface area is 360 Å². The second-order valence-electron chi connectivity index (χ2n) is 16.1. The monoisotopic (exact) mass is 789 g/mol. The number of rotatable bonds is 7. The molecule has 0 radical (unpaired) electrons. The quantitative estimate of drug-likeness (QED) is 0.160. The SMILES string of the molecule is c1ccc(-c2ccc(N(c3ccc(-c4ccc5cc(-c6ccc7ccccc7c6)ccc5c4)cc3)c3cc4ccccc4c4c3oc3ccccc34)c(-c3ccccc3)c2)cc1. The predicted octanol–water partition coefficient (Wildman–Crippen LogP) is 17.2. The topological polar surface area (TPSA) is 16.4 Å². The molecule has 290 valence electrons. The highest BCUT2D eigenvalue weighted by atomic mass is 16.3. The summed E-state index contributed by atoms with van der Waals surface area (Å²) in [5.74, 6) is 0. The van der Waals surface area contributed by atoms with Crippen molar-refractivity contribution in [3.63, 3.8) is 0 Å². The zero-order valence-corrected chi connectivity index (χ0v) is 33.9. The van der Waals surface area contributed by atoms with Crippen LogP contribution < -0.4 is 4.90 Å². The van der Waals surface area contributed by atoms with Gasteiger partial charge < -0.3 is 9.32 Å². The standard InChI is InChI=1S/C60H39NO/c1-3-13-40(14-4-1)50-31-34-56(55(38-50)43-16-5-2-6-17-43)61(57-39-51-19-9-10-20-53(51)59-54-21-11-12-22-58(54)62-60(57)59)52-32-29-42(30-33-52)45-25-26-48-37-49(28-27-47(48)36-45)46-24-23-41-15-7-8-18-44(41)35-46/h1-39H. The maximum atomic E-state index is 6.90. The van der Waals surface area contributed by atoms with Crippen LogP contribution in [0.15, 0.2) is 241 Å². The maximum Gasteiger partial charge on any atom is 0.160 e. The smallest absolute Gasteiger partial charge is 0.160 e. The summed E-state index contributed by atoms with van der Waals surface area (Å²) in [4.78, 5) is 2.40. The first-order valence-electron chi connectivity index (χ1n) is 21.2. The highest BCUT2D eigenvalue weighted by Gasteiger charge is 2.24. The van der Waals surface area contributed by atoms with Crippen LogP contribution in [0.5, 0.6) is 0 Å². The third-order valence-electron chi connectivity index (χ3n) is 12.4. The lowest BCUT2D eigenvalue weighted by molar-refractivity contribution is 0.669. The van der Waals surface area contributed by atoms with Crippen molar-refractivity contribution < 1.29 is 4.42 Å². The molecule has 0 fully saturated rings. The van der Waals surface area contributed by atoms with Crippen LogP contribution in [0.25, 0.3) is 98.8 Å². The van der Waals surface area contributed by atoms with Crippen molar-refractivity contribution in [1.82, 2.24) is 0 Å². The first-order chi connectivity index (χ1) is 30.7. The lowest BCUT2D eigenvalue weighted by Gasteiger charge is -2.29. The van der Waals surface area contributed by atoms with Crippen molar-refractivity contribution in [2.45, 2.75) is 0 Å². The van der Waals surface area contributed by atoms with Crippen molar-refractivity contribution in [2.75, 3.05) is 4.90 Å². The van der Waals surface area contributed by atoms with Gasteiger partial charge in [-0.25, -0.2) is 0 Å². The average Bonchev–Trinajstić information content (AvgIpc) is 3.75. The average molecular weight is 790 g/mol. The van der Waals surface area contributed by atoms with E-state index < -0.39 is 0 Å². The van der Waals surface area contributed by atoms with Crippen LogP contribution in [0.1, 0.15) is 0 Å². The zero-order valence-electron chi connectivity index (χ0n) is 33.9. The Morgan fingerprint density at radius 1 is 0.290 bits per heavy atom. The van der Waals surface area contributed by atoms with Gasteiger partial charge in [-0.05, 0) is 126 Å². The molecule has 62 heavy (non-hydrogen) atoms. The highest BCUT2D eigenvalue weighted by Crippen LogP contribution is 2.48. The molecule has 12 rings (SSSR count). The van der Waals surface area contributed by atoms with Crippen LogP contribution in [-0.4, -0.2) is 0 Å². The van der Waals surface area contributed by atoms with Crippen molar-refractivity contribution >= 4 is 71.3 Å². The number of hydrogen-bond donors (Lipinski definition) is 0. The number of para-hydroxylation sites is 1. The van der Waals surface area contributed by atoms with Gasteiger partial charge in [0.2, 0.25) is 0 Å². The van der Waals surface area contributed by atoms with E-state index in [2.05, 4.69) is 241 Å². The Hall–Kier alpha value is -8.20. The fourth-order valence-electron chi connectivity index (χ4n) is 9.30. The van der Waals surface area contributed by atoms with Gasteiger partial charge in [-0.3, -0.25) is 0 Å². The molecule has 0 spiro atoms. The van der Waals surface area contributed by atoms with E-state index in [0.29, 0.717) is 0 Å². The van der Waals surface area contributed by atoms with Gasteiger partial charge in [0, 0.05) is 22.0 Å². The van der Waals surface area contributed by atoms with E-state index in [9.17, 15) is 0 Å². The summed E-state index contributed by atoms with van der Waals surface area (Å²) in [6.07, 6.45) is 0. The minimum atomic E-state index is 0.859. The van der Waals surface area contributed by atoms with E-state index >= 15 is 0 Å². The third-order valence-corrected chi connectivity index (χ3v) is 12.4. The molecule has 0 aliphatic rings. The molecular weight excluding hydrogens is 751 g/mol. The highest BCUT2D eigenvalue weighted by molar-refractivity contribution is 6.23. The van der Waals surface area contributed by atoms with Crippen molar-refractivity contribution in [2.24, 2.45) is 0 Å². The summed E-state index contributed by atoms with van der Waals surface area (Å²) < 4.78 is 6.90. The molecule has 0 aliphatic carbocycles. The number of nitrogens with zero attached hydrogens (tertiary/aromatic N) is 1. The molecule has 0 N–H and O–H groups in total. The van der Waals surface area contributed by atoms with Crippen molar-refractivity contribution in [1.29, 1.82) is 0 Å². The van der Waals surface area contributed by atoms with Gasteiger partial charge in [0.1, 0.15) is 5.58 Å². The molecule has 1 aromatic heterocycles. The summed E-state index contributed by atoms with van der Waals surface area (Å²) in [6, 6.07) is 85.5. The third kappa shape index (κ3) is 6.20. The second-order valence-corrected chi connectivity index (χ2v) is 16.1. The molecule has 2 nitrogen and oxygen atoms in total. The van der Waals surface area contributed by atoms with Crippen molar-refractivity contribution in [3.8, 4) is 44.5 Å². The Morgan fingerprint density at radius 3 is 1.48 bits per heavy atom. The largest absolute Gasteiger partial charge is 0.454 e. The molecule has 0 bridgehead atoms. The summed E-state index contributed by atoms with van der Waals surface area (Å²) in [5.41, 5.74) is 14.2. The minimum absolute atomic E-state index is 0.859. The normalized spacial score (nSPS) is 11.5. The van der Waals surface area contributed by atoms with Crippen LogP contribution in [0.3, 0.4) is 0 Å². The van der Waals surface area contributed by atoms with Gasteiger partial charge in [0.05, 0.1) is 11.4 Å². The van der Waals surface area contributed by atoms with Gasteiger partial charge in [0.15, 0.2) is 5.58 Å². The molecule has 2 heteroatoms. The maximum absolute atomic E-state index is 6.90. The Morgan fingerprint density at radius 2 is 0.774 bits per heavy atom. The summed E-state index contributed by atoms with van der Waals surface area (Å²) in [5, 5.41) is 9.52. The Kier molecular flexibility index (Phi) is 8.53. The minimum Gasteiger partial charge on any atom is -0.454 e. The van der Waals surface area contributed by atoms with E-state index in [4.69, 9.17) is 4.42 Å². The Balaban J connectivity index is 1.01. The van der Waals surface area contributed by atoms with Gasteiger partial charge in [-0.1, -0.05) is 182 Å². The first kappa shape index (κ1) is 35.7. The molecule has 1 heterocycles. The van der Waals surface area contributed by atoms with Crippen LogP contribution in [-0.2, 0) is 0 Å². The molecule has 0 aliphatic heterocycles. The molecule has 0 amide bonds. The Bertz CT molecular complexity index is 3620. The summed E-state index contributed by atoms with van der Waals surface area (Å²) >= 11 is 0. The fourth-order valence-corrected chi connectivity index (χ4v) is 9.30. The molecule has 0 saturated heterocycles. The molecule has 0 unspecified atom stereocenters. The summed E-state index contributed by atoms with van der Waals surface area (Å²) in [7, 11) is 0. The van der Waals surface area contributed by atoms with Gasteiger partial charge >= 0.3 is 0 Å². The second kappa shape index (κ2) is 14.8. The van der Waals surface area contributed by atoms with E-state index in [1.807, 2.05) is 0 Å². The number of anilines is 3. The number of hydrogen-bond acceptors (Lipinski definition) is 2. The molecule has 0 saturated carbocycles. The first-order valence-corrected chi connectivity index (χ1v) is 21.2. The van der Waals surface area contributed by atoms with Gasteiger partial charge in [-0.2, -0.15) is 0 Å². The van der Waals surface area contributed by atoms with E-state index in [1.54, 1.807) is 0 Å². The number of furan rings is 1. The molecule has 11 aromatic carbocycles. The van der Waals surface area contributed by atoms with E-state index in [-0.39, 0.29) is 0 Å².